The van der Waals surface area contributed by atoms with Gasteiger partial charge in [0.05, 0.1) is 12.0 Å². The fraction of sp³-hybridized carbons (Fsp3) is 0.115. The van der Waals surface area contributed by atoms with Crippen molar-refractivity contribution in [3.05, 3.63) is 92.3 Å². The van der Waals surface area contributed by atoms with Gasteiger partial charge < -0.3 is 14.8 Å². The Morgan fingerprint density at radius 3 is 2.58 bits per heavy atom. The molecule has 3 aromatic carbocycles. The van der Waals surface area contributed by atoms with Crippen LogP contribution in [0.4, 0.5) is 10.5 Å². The SMILES string of the molecule is COc1cc(/C=C2\SC(=O)N(CC(=O)Nc3cccc(Cl)c3)C2=O)ccc1OCc1ccc(Br)cc1. The van der Waals surface area contributed by atoms with E-state index in [1.807, 2.05) is 24.3 Å². The first kappa shape index (κ1) is 25.8. The third kappa shape index (κ3) is 6.48. The van der Waals surface area contributed by atoms with E-state index in [4.69, 9.17) is 21.1 Å². The maximum Gasteiger partial charge on any atom is 0.294 e. The fourth-order valence-electron chi connectivity index (χ4n) is 3.33. The zero-order chi connectivity index (χ0) is 25.7. The number of carbonyl (C=O) groups excluding carboxylic acids is 3. The zero-order valence-corrected chi connectivity index (χ0v) is 22.2. The molecule has 4 rings (SSSR count). The van der Waals surface area contributed by atoms with Gasteiger partial charge in [0.1, 0.15) is 13.2 Å². The number of imide groups is 1. The van der Waals surface area contributed by atoms with Crippen LogP contribution in [0.2, 0.25) is 5.02 Å². The Morgan fingerprint density at radius 1 is 1.08 bits per heavy atom. The number of nitrogens with zero attached hydrogens (tertiary/aromatic N) is 1. The number of ether oxygens (including phenoxy) is 2. The average Bonchev–Trinajstić information content (AvgIpc) is 3.11. The second kappa shape index (κ2) is 11.6. The summed E-state index contributed by atoms with van der Waals surface area (Å²) in [6, 6.07) is 19.6. The van der Waals surface area contributed by atoms with Crippen LogP contribution in [-0.4, -0.2) is 35.6 Å². The molecule has 0 aliphatic carbocycles. The molecule has 1 aliphatic heterocycles. The number of benzene rings is 3. The van der Waals surface area contributed by atoms with E-state index < -0.39 is 23.6 Å². The van der Waals surface area contributed by atoms with Gasteiger partial charge in [0.15, 0.2) is 11.5 Å². The van der Waals surface area contributed by atoms with Crippen LogP contribution in [0, 0.1) is 0 Å². The first-order chi connectivity index (χ1) is 17.3. The molecule has 1 aliphatic rings. The molecule has 0 unspecified atom stereocenters. The molecule has 1 heterocycles. The van der Waals surface area contributed by atoms with Gasteiger partial charge in [-0.3, -0.25) is 19.3 Å². The van der Waals surface area contributed by atoms with Crippen molar-refractivity contribution in [2.24, 2.45) is 0 Å². The van der Waals surface area contributed by atoms with Gasteiger partial charge in [-0.25, -0.2) is 0 Å². The molecule has 1 N–H and O–H groups in total. The molecule has 0 bridgehead atoms. The van der Waals surface area contributed by atoms with Gasteiger partial charge >= 0.3 is 0 Å². The van der Waals surface area contributed by atoms with Gasteiger partial charge in [0.2, 0.25) is 5.91 Å². The number of nitrogens with one attached hydrogen (secondary N) is 1. The van der Waals surface area contributed by atoms with E-state index in [1.165, 1.54) is 7.11 Å². The third-order valence-corrected chi connectivity index (χ3v) is 6.75. The summed E-state index contributed by atoms with van der Waals surface area (Å²) in [7, 11) is 1.53. The Labute approximate surface area is 225 Å². The summed E-state index contributed by atoms with van der Waals surface area (Å²) in [5.74, 6) is -0.0140. The second-order valence-electron chi connectivity index (χ2n) is 7.65. The van der Waals surface area contributed by atoms with E-state index in [9.17, 15) is 14.4 Å². The van der Waals surface area contributed by atoms with E-state index >= 15 is 0 Å². The zero-order valence-electron chi connectivity index (χ0n) is 19.0. The first-order valence-corrected chi connectivity index (χ1v) is 12.7. The van der Waals surface area contributed by atoms with Crippen molar-refractivity contribution >= 4 is 68.1 Å². The van der Waals surface area contributed by atoms with Crippen LogP contribution in [0.15, 0.2) is 76.1 Å². The number of anilines is 1. The Morgan fingerprint density at radius 2 is 1.86 bits per heavy atom. The normalized spacial score (nSPS) is 14.3. The highest BCUT2D eigenvalue weighted by atomic mass is 79.9. The monoisotopic (exact) mass is 586 g/mol. The molecular formula is C26H20BrClN2O5S. The maximum absolute atomic E-state index is 12.8. The molecule has 3 amide bonds. The minimum absolute atomic E-state index is 0.209. The summed E-state index contributed by atoms with van der Waals surface area (Å²) in [5, 5.41) is 2.57. The number of thioether (sulfide) groups is 1. The Hall–Kier alpha value is -3.27. The van der Waals surface area contributed by atoms with Crippen molar-refractivity contribution in [1.29, 1.82) is 0 Å². The first-order valence-electron chi connectivity index (χ1n) is 10.7. The van der Waals surface area contributed by atoms with Crippen LogP contribution in [0.5, 0.6) is 11.5 Å². The van der Waals surface area contributed by atoms with E-state index in [1.54, 1.807) is 48.5 Å². The number of methoxy groups -OCH3 is 1. The largest absolute Gasteiger partial charge is 0.493 e. The Bertz CT molecular complexity index is 1350. The minimum Gasteiger partial charge on any atom is -0.493 e. The molecule has 0 saturated carbocycles. The van der Waals surface area contributed by atoms with Crippen molar-refractivity contribution in [1.82, 2.24) is 4.90 Å². The van der Waals surface area contributed by atoms with Gasteiger partial charge in [-0.1, -0.05) is 51.8 Å². The molecule has 0 spiro atoms. The Balaban J connectivity index is 1.42. The highest BCUT2D eigenvalue weighted by molar-refractivity contribution is 9.10. The van der Waals surface area contributed by atoms with Crippen LogP contribution in [0.1, 0.15) is 11.1 Å². The predicted octanol–water partition coefficient (Wildman–Crippen LogP) is 6.37. The van der Waals surface area contributed by atoms with Gasteiger partial charge in [-0.15, -0.1) is 0 Å². The summed E-state index contributed by atoms with van der Waals surface area (Å²) >= 11 is 10.1. The van der Waals surface area contributed by atoms with Gasteiger partial charge in [0.25, 0.3) is 11.1 Å². The summed E-state index contributed by atoms with van der Waals surface area (Å²) in [4.78, 5) is 38.7. The molecule has 0 aromatic heterocycles. The van der Waals surface area contributed by atoms with Crippen molar-refractivity contribution in [3.8, 4) is 11.5 Å². The highest BCUT2D eigenvalue weighted by Crippen LogP contribution is 2.35. The lowest BCUT2D eigenvalue weighted by Crippen LogP contribution is -2.36. The third-order valence-electron chi connectivity index (χ3n) is 5.08. The van der Waals surface area contributed by atoms with Gasteiger partial charge in [-0.05, 0) is 71.4 Å². The summed E-state index contributed by atoms with van der Waals surface area (Å²) in [6.45, 7) is -0.0419. The highest BCUT2D eigenvalue weighted by Gasteiger charge is 2.36. The van der Waals surface area contributed by atoms with E-state index in [-0.39, 0.29) is 4.91 Å². The lowest BCUT2D eigenvalue weighted by Gasteiger charge is -2.13. The van der Waals surface area contributed by atoms with Gasteiger partial charge in [-0.2, -0.15) is 0 Å². The molecule has 0 radical (unpaired) electrons. The number of hydrogen-bond donors (Lipinski definition) is 1. The van der Waals surface area contributed by atoms with E-state index in [0.717, 1.165) is 26.7 Å². The van der Waals surface area contributed by atoms with E-state index in [2.05, 4.69) is 21.2 Å². The Kier molecular flexibility index (Phi) is 8.35. The van der Waals surface area contributed by atoms with Crippen molar-refractivity contribution in [2.75, 3.05) is 19.0 Å². The molecule has 10 heteroatoms. The average molecular weight is 588 g/mol. The number of rotatable bonds is 8. The maximum atomic E-state index is 12.8. The summed E-state index contributed by atoms with van der Waals surface area (Å²) < 4.78 is 12.3. The van der Waals surface area contributed by atoms with Crippen molar-refractivity contribution < 1.29 is 23.9 Å². The van der Waals surface area contributed by atoms with Crippen LogP contribution in [-0.2, 0) is 16.2 Å². The standard InChI is InChI=1S/C26H20BrClN2O5S/c1-34-22-11-17(7-10-21(22)35-15-16-5-8-18(27)9-6-16)12-23-25(32)30(26(33)36-23)14-24(31)29-20-4-2-3-19(28)13-20/h2-13H,14-15H2,1H3,(H,29,31)/b23-12-. The molecule has 36 heavy (non-hydrogen) atoms. The molecule has 1 saturated heterocycles. The molecule has 1 fully saturated rings. The topological polar surface area (TPSA) is 84.9 Å². The van der Waals surface area contributed by atoms with Crippen molar-refractivity contribution in [2.45, 2.75) is 6.61 Å². The lowest BCUT2D eigenvalue weighted by molar-refractivity contribution is -0.127. The van der Waals surface area contributed by atoms with Gasteiger partial charge in [0, 0.05) is 15.2 Å². The van der Waals surface area contributed by atoms with Crippen molar-refractivity contribution in [3.63, 3.8) is 0 Å². The smallest absolute Gasteiger partial charge is 0.294 e. The molecular weight excluding hydrogens is 568 g/mol. The minimum atomic E-state index is -0.541. The molecule has 0 atom stereocenters. The second-order valence-corrected chi connectivity index (χ2v) is 10.00. The summed E-state index contributed by atoms with van der Waals surface area (Å²) in [6.07, 6.45) is 1.58. The number of carbonyl (C=O) groups is 3. The molecule has 7 nitrogen and oxygen atoms in total. The van der Waals surface area contributed by atoms with Crippen LogP contribution < -0.4 is 14.8 Å². The van der Waals surface area contributed by atoms with Crippen LogP contribution in [0.25, 0.3) is 6.08 Å². The van der Waals surface area contributed by atoms with Crippen LogP contribution >= 0.6 is 39.3 Å². The number of hydrogen-bond acceptors (Lipinski definition) is 6. The quantitative estimate of drug-likeness (QED) is 0.309. The molecule has 184 valence electrons. The lowest BCUT2D eigenvalue weighted by atomic mass is 10.1. The van der Waals surface area contributed by atoms with E-state index in [0.29, 0.717) is 34.4 Å². The fourth-order valence-corrected chi connectivity index (χ4v) is 4.63. The molecule has 3 aromatic rings. The number of halogens is 2. The predicted molar refractivity (Wildman–Crippen MR) is 144 cm³/mol. The number of amides is 3. The summed E-state index contributed by atoms with van der Waals surface area (Å²) in [5.41, 5.74) is 2.12. The van der Waals surface area contributed by atoms with Crippen LogP contribution in [0.3, 0.4) is 0 Å².